The Kier molecular flexibility index (Phi) is 6.99. The second-order valence-corrected chi connectivity index (χ2v) is 9.81. The topological polar surface area (TPSA) is 105 Å². The number of carbonyl (C=O) groups is 1. The minimum absolute atomic E-state index is 0.0474. The van der Waals surface area contributed by atoms with Gasteiger partial charge in [-0.25, -0.2) is 8.42 Å². The zero-order valence-corrected chi connectivity index (χ0v) is 20.1. The summed E-state index contributed by atoms with van der Waals surface area (Å²) in [5.41, 5.74) is 1.60. The summed E-state index contributed by atoms with van der Waals surface area (Å²) in [4.78, 5) is 13.7. The molecule has 1 N–H and O–H groups in total. The molecule has 0 saturated carbocycles. The van der Waals surface area contributed by atoms with Gasteiger partial charge < -0.3 is 4.42 Å². The molecule has 8 nitrogen and oxygen atoms in total. The minimum atomic E-state index is -3.78. The SMILES string of the molecule is CCN(c1ccccc1)S(=O)(=O)c1ccc(C(=O)Nc2nnc(-c3ccccc3SC)o2)cc1. The first-order valence-electron chi connectivity index (χ1n) is 10.4. The average Bonchev–Trinajstić information content (AvgIpc) is 3.33. The van der Waals surface area contributed by atoms with E-state index in [0.717, 1.165) is 10.5 Å². The third-order valence-electron chi connectivity index (χ3n) is 5.02. The van der Waals surface area contributed by atoms with Crippen LogP contribution in [-0.4, -0.2) is 37.3 Å². The van der Waals surface area contributed by atoms with E-state index in [0.29, 0.717) is 11.6 Å². The summed E-state index contributed by atoms with van der Waals surface area (Å²) in [5, 5.41) is 10.5. The van der Waals surface area contributed by atoms with E-state index in [9.17, 15) is 13.2 Å². The van der Waals surface area contributed by atoms with Crippen molar-refractivity contribution < 1.29 is 17.6 Å². The molecule has 0 aliphatic carbocycles. The van der Waals surface area contributed by atoms with Gasteiger partial charge in [-0.2, -0.15) is 0 Å². The highest BCUT2D eigenvalue weighted by Crippen LogP contribution is 2.30. The summed E-state index contributed by atoms with van der Waals surface area (Å²) in [6.45, 7) is 2.04. The fraction of sp³-hybridized carbons (Fsp3) is 0.125. The fourth-order valence-electron chi connectivity index (χ4n) is 3.36. The van der Waals surface area contributed by atoms with E-state index in [1.165, 1.54) is 28.6 Å². The van der Waals surface area contributed by atoms with Gasteiger partial charge in [-0.15, -0.1) is 16.9 Å². The third kappa shape index (κ3) is 4.82. The maximum absolute atomic E-state index is 13.1. The second-order valence-electron chi connectivity index (χ2n) is 7.10. The van der Waals surface area contributed by atoms with Crippen molar-refractivity contribution in [2.45, 2.75) is 16.7 Å². The number of carbonyl (C=O) groups excluding carboxylic acids is 1. The van der Waals surface area contributed by atoms with Gasteiger partial charge in [0.05, 0.1) is 16.1 Å². The number of aromatic nitrogens is 2. The molecule has 1 heterocycles. The third-order valence-corrected chi connectivity index (χ3v) is 7.73. The highest BCUT2D eigenvalue weighted by Gasteiger charge is 2.24. The van der Waals surface area contributed by atoms with Crippen LogP contribution < -0.4 is 9.62 Å². The molecule has 0 radical (unpaired) electrons. The van der Waals surface area contributed by atoms with Crippen LogP contribution in [-0.2, 0) is 10.0 Å². The number of rotatable bonds is 8. The first kappa shape index (κ1) is 23.5. The van der Waals surface area contributed by atoms with Gasteiger partial charge in [0.25, 0.3) is 21.8 Å². The molecule has 0 spiro atoms. The lowest BCUT2D eigenvalue weighted by atomic mass is 10.2. The first-order valence-corrected chi connectivity index (χ1v) is 13.1. The van der Waals surface area contributed by atoms with E-state index >= 15 is 0 Å². The van der Waals surface area contributed by atoms with E-state index in [-0.39, 0.29) is 23.0 Å². The van der Waals surface area contributed by atoms with E-state index in [2.05, 4.69) is 15.5 Å². The van der Waals surface area contributed by atoms with Gasteiger partial charge >= 0.3 is 6.01 Å². The van der Waals surface area contributed by atoms with Crippen molar-refractivity contribution in [1.29, 1.82) is 0 Å². The number of hydrogen-bond acceptors (Lipinski definition) is 7. The molecule has 3 aromatic carbocycles. The summed E-state index contributed by atoms with van der Waals surface area (Å²) < 4.78 is 33.2. The van der Waals surface area contributed by atoms with Crippen LogP contribution in [0.3, 0.4) is 0 Å². The van der Waals surface area contributed by atoms with Crippen molar-refractivity contribution in [3.8, 4) is 11.5 Å². The van der Waals surface area contributed by atoms with Crippen LogP contribution >= 0.6 is 11.8 Å². The Labute approximate surface area is 202 Å². The Morgan fingerprint density at radius 2 is 1.65 bits per heavy atom. The van der Waals surface area contributed by atoms with Crippen molar-refractivity contribution in [1.82, 2.24) is 10.2 Å². The predicted octanol–water partition coefficient (Wildman–Crippen LogP) is 4.93. The lowest BCUT2D eigenvalue weighted by Crippen LogP contribution is -2.30. The Morgan fingerprint density at radius 1 is 0.971 bits per heavy atom. The second kappa shape index (κ2) is 10.1. The summed E-state index contributed by atoms with van der Waals surface area (Å²) in [7, 11) is -3.78. The normalized spacial score (nSPS) is 11.2. The van der Waals surface area contributed by atoms with Crippen LogP contribution in [0.4, 0.5) is 11.7 Å². The van der Waals surface area contributed by atoms with Gasteiger partial charge in [-0.1, -0.05) is 35.4 Å². The molecule has 4 rings (SSSR count). The molecule has 0 fully saturated rings. The number of thioether (sulfide) groups is 1. The minimum Gasteiger partial charge on any atom is -0.403 e. The number of sulfonamides is 1. The number of amides is 1. The number of anilines is 2. The van der Waals surface area contributed by atoms with Crippen LogP contribution in [0.5, 0.6) is 0 Å². The predicted molar refractivity (Wildman–Crippen MR) is 133 cm³/mol. The van der Waals surface area contributed by atoms with Crippen molar-refractivity contribution >= 4 is 39.4 Å². The zero-order valence-electron chi connectivity index (χ0n) is 18.5. The Hall–Kier alpha value is -3.63. The quantitative estimate of drug-likeness (QED) is 0.346. The molecule has 0 aliphatic heterocycles. The standard InChI is InChI=1S/C24H22N4O4S2/c1-3-28(18-9-5-4-6-10-18)34(30,31)19-15-13-17(14-16-19)22(29)25-24-27-26-23(32-24)20-11-7-8-12-21(20)33-2/h4-16H,3H2,1-2H3,(H,25,27,29). The molecule has 1 amide bonds. The maximum atomic E-state index is 13.1. The van der Waals surface area contributed by atoms with Crippen molar-refractivity contribution in [2.75, 3.05) is 22.4 Å². The number of nitrogens with one attached hydrogen (secondary N) is 1. The van der Waals surface area contributed by atoms with E-state index in [4.69, 9.17) is 4.42 Å². The van der Waals surface area contributed by atoms with Gasteiger partial charge in [0, 0.05) is 17.0 Å². The van der Waals surface area contributed by atoms with Crippen LogP contribution in [0.1, 0.15) is 17.3 Å². The van der Waals surface area contributed by atoms with Crippen molar-refractivity contribution in [3.63, 3.8) is 0 Å². The summed E-state index contributed by atoms with van der Waals surface area (Å²) in [6, 6.07) is 22.1. The highest BCUT2D eigenvalue weighted by molar-refractivity contribution is 7.98. The number of para-hydroxylation sites is 1. The molecular weight excluding hydrogens is 472 g/mol. The summed E-state index contributed by atoms with van der Waals surface area (Å²) in [6.07, 6.45) is 1.95. The maximum Gasteiger partial charge on any atom is 0.322 e. The van der Waals surface area contributed by atoms with E-state index in [1.54, 1.807) is 43.0 Å². The molecule has 4 aromatic rings. The Morgan fingerprint density at radius 3 is 2.32 bits per heavy atom. The number of nitrogens with zero attached hydrogens (tertiary/aromatic N) is 3. The molecule has 1 aromatic heterocycles. The molecule has 0 saturated heterocycles. The van der Waals surface area contributed by atoms with Crippen LogP contribution in [0.15, 0.2) is 93.1 Å². The lowest BCUT2D eigenvalue weighted by molar-refractivity contribution is 0.102. The lowest BCUT2D eigenvalue weighted by Gasteiger charge is -2.22. The van der Waals surface area contributed by atoms with Gasteiger partial charge in [-0.3, -0.25) is 14.4 Å². The monoisotopic (exact) mass is 494 g/mol. The van der Waals surface area contributed by atoms with Crippen molar-refractivity contribution in [2.24, 2.45) is 0 Å². The van der Waals surface area contributed by atoms with Crippen LogP contribution in [0.2, 0.25) is 0 Å². The van der Waals surface area contributed by atoms with E-state index < -0.39 is 15.9 Å². The smallest absolute Gasteiger partial charge is 0.322 e. The van der Waals surface area contributed by atoms with Gasteiger partial charge in [0.1, 0.15) is 0 Å². The molecule has 34 heavy (non-hydrogen) atoms. The first-order chi connectivity index (χ1) is 16.4. The molecule has 10 heteroatoms. The molecule has 174 valence electrons. The fourth-order valence-corrected chi connectivity index (χ4v) is 5.43. The molecular formula is C24H22N4O4S2. The number of hydrogen-bond donors (Lipinski definition) is 1. The summed E-state index contributed by atoms with van der Waals surface area (Å²) >= 11 is 1.55. The van der Waals surface area contributed by atoms with Crippen molar-refractivity contribution in [3.05, 3.63) is 84.4 Å². The molecule has 0 aliphatic rings. The Bertz CT molecular complexity index is 1390. The van der Waals surface area contributed by atoms with Gasteiger partial charge in [0.15, 0.2) is 0 Å². The molecule has 0 unspecified atom stereocenters. The average molecular weight is 495 g/mol. The summed E-state index contributed by atoms with van der Waals surface area (Å²) in [5.74, 6) is -0.199. The molecule has 0 atom stereocenters. The van der Waals surface area contributed by atoms with Crippen LogP contribution in [0.25, 0.3) is 11.5 Å². The number of benzene rings is 3. The zero-order chi connectivity index (χ0) is 24.1. The van der Waals surface area contributed by atoms with E-state index in [1.807, 2.05) is 36.6 Å². The molecule has 0 bridgehead atoms. The van der Waals surface area contributed by atoms with Crippen LogP contribution in [0, 0.1) is 0 Å². The van der Waals surface area contributed by atoms with Gasteiger partial charge in [-0.05, 0) is 61.7 Å². The van der Waals surface area contributed by atoms with Gasteiger partial charge in [0.2, 0.25) is 0 Å². The largest absolute Gasteiger partial charge is 0.403 e. The Balaban J connectivity index is 1.50. The highest BCUT2D eigenvalue weighted by atomic mass is 32.2.